The summed E-state index contributed by atoms with van der Waals surface area (Å²) in [4.78, 5) is 15.9. The van der Waals surface area contributed by atoms with Gasteiger partial charge >= 0.3 is 5.97 Å². The molecule has 0 unspecified atom stereocenters. The van der Waals surface area contributed by atoms with Crippen LogP contribution in [-0.4, -0.2) is 17.6 Å². The van der Waals surface area contributed by atoms with Crippen molar-refractivity contribution >= 4 is 11.7 Å². The molecule has 1 aromatic carbocycles. The van der Waals surface area contributed by atoms with E-state index in [1.807, 2.05) is 0 Å². The van der Waals surface area contributed by atoms with Crippen molar-refractivity contribution in [2.75, 3.05) is 12.3 Å². The van der Waals surface area contributed by atoms with Gasteiger partial charge in [-0.2, -0.15) is 0 Å². The van der Waals surface area contributed by atoms with Crippen LogP contribution in [0.15, 0.2) is 30.5 Å². The molecule has 1 heterocycles. The number of hydrogen-bond donors (Lipinski definition) is 1. The number of rotatable bonds is 4. The van der Waals surface area contributed by atoms with Crippen LogP contribution < -0.4 is 10.5 Å². The molecule has 0 aliphatic heterocycles. The Hall–Kier alpha value is -2.63. The number of nitrogens with two attached hydrogens (primary N) is 1. The number of nitrogens with zero attached hydrogens (tertiary/aromatic N) is 1. The number of pyridine rings is 1. The van der Waals surface area contributed by atoms with Crippen LogP contribution in [0.4, 0.5) is 10.1 Å². The summed E-state index contributed by atoms with van der Waals surface area (Å²) in [6.45, 7) is 3.54. The van der Waals surface area contributed by atoms with Crippen LogP contribution in [0, 0.1) is 12.7 Å². The number of carbonyl (C=O) groups excluding carboxylic acids is 1. The molecular formula is C15H15FN2O3. The first-order valence-electron chi connectivity index (χ1n) is 6.38. The first-order chi connectivity index (χ1) is 10.0. The van der Waals surface area contributed by atoms with E-state index in [2.05, 4.69) is 4.98 Å². The Balaban J connectivity index is 2.34. The third-order valence-electron chi connectivity index (χ3n) is 2.71. The summed E-state index contributed by atoms with van der Waals surface area (Å²) < 4.78 is 23.7. The van der Waals surface area contributed by atoms with Gasteiger partial charge in [0.15, 0.2) is 0 Å². The van der Waals surface area contributed by atoms with Crippen molar-refractivity contribution in [3.63, 3.8) is 0 Å². The lowest BCUT2D eigenvalue weighted by Gasteiger charge is -2.10. The molecular weight excluding hydrogens is 275 g/mol. The van der Waals surface area contributed by atoms with Crippen molar-refractivity contribution in [3.05, 3.63) is 47.4 Å². The molecule has 0 spiro atoms. The zero-order valence-corrected chi connectivity index (χ0v) is 11.7. The van der Waals surface area contributed by atoms with Gasteiger partial charge in [-0.15, -0.1) is 0 Å². The fraction of sp³-hybridized carbons (Fsp3) is 0.200. The molecule has 1 aromatic heterocycles. The highest BCUT2D eigenvalue weighted by molar-refractivity contribution is 5.92. The zero-order chi connectivity index (χ0) is 15.4. The summed E-state index contributed by atoms with van der Waals surface area (Å²) in [6, 6.07) is 5.68. The molecule has 5 nitrogen and oxygen atoms in total. The number of ether oxygens (including phenoxy) is 2. The normalized spacial score (nSPS) is 10.2. The number of esters is 1. The van der Waals surface area contributed by atoms with Gasteiger partial charge < -0.3 is 15.2 Å². The monoisotopic (exact) mass is 290 g/mol. The van der Waals surface area contributed by atoms with Crippen LogP contribution in [0.2, 0.25) is 0 Å². The van der Waals surface area contributed by atoms with Crippen LogP contribution in [0.1, 0.15) is 22.8 Å². The summed E-state index contributed by atoms with van der Waals surface area (Å²) in [5.74, 6) is -0.477. The van der Waals surface area contributed by atoms with Gasteiger partial charge in [0.2, 0.25) is 5.88 Å². The van der Waals surface area contributed by atoms with Crippen LogP contribution in [0.25, 0.3) is 0 Å². The molecule has 0 saturated carbocycles. The van der Waals surface area contributed by atoms with Crippen LogP contribution in [0.5, 0.6) is 11.6 Å². The van der Waals surface area contributed by atoms with Gasteiger partial charge in [0.1, 0.15) is 17.1 Å². The minimum Gasteiger partial charge on any atom is -0.462 e. The lowest BCUT2D eigenvalue weighted by molar-refractivity contribution is 0.0523. The number of hydrogen-bond acceptors (Lipinski definition) is 5. The van der Waals surface area contributed by atoms with Crippen LogP contribution >= 0.6 is 0 Å². The maximum absolute atomic E-state index is 13.2. The van der Waals surface area contributed by atoms with Crippen molar-refractivity contribution in [1.29, 1.82) is 0 Å². The topological polar surface area (TPSA) is 74.4 Å². The average Bonchev–Trinajstić information content (AvgIpc) is 2.45. The Bertz CT molecular complexity index is 674. The fourth-order valence-corrected chi connectivity index (χ4v) is 1.70. The van der Waals surface area contributed by atoms with E-state index in [4.69, 9.17) is 15.2 Å². The largest absolute Gasteiger partial charge is 0.462 e. The lowest BCUT2D eigenvalue weighted by Crippen LogP contribution is -2.08. The molecule has 0 aliphatic carbocycles. The van der Waals surface area contributed by atoms with Crippen molar-refractivity contribution in [1.82, 2.24) is 4.98 Å². The second kappa shape index (κ2) is 6.21. The first kappa shape index (κ1) is 14.8. The van der Waals surface area contributed by atoms with Gasteiger partial charge in [-0.25, -0.2) is 14.2 Å². The van der Waals surface area contributed by atoms with E-state index < -0.39 is 5.97 Å². The molecule has 0 aliphatic rings. The summed E-state index contributed by atoms with van der Waals surface area (Å²) in [6.07, 6.45) is 1.37. The highest BCUT2D eigenvalue weighted by Gasteiger charge is 2.17. The third kappa shape index (κ3) is 3.47. The maximum atomic E-state index is 13.2. The Morgan fingerprint density at radius 2 is 2.14 bits per heavy atom. The molecule has 2 N–H and O–H groups in total. The van der Waals surface area contributed by atoms with Gasteiger partial charge in [-0.3, -0.25) is 0 Å². The third-order valence-corrected chi connectivity index (χ3v) is 2.71. The molecule has 0 saturated heterocycles. The summed E-state index contributed by atoms with van der Waals surface area (Å²) in [5.41, 5.74) is 6.50. The molecule has 0 atom stereocenters. The summed E-state index contributed by atoms with van der Waals surface area (Å²) in [5, 5.41) is 0. The highest BCUT2D eigenvalue weighted by atomic mass is 19.1. The van der Waals surface area contributed by atoms with E-state index in [1.165, 1.54) is 30.5 Å². The Morgan fingerprint density at radius 1 is 1.38 bits per heavy atom. The molecule has 2 rings (SSSR count). The highest BCUT2D eigenvalue weighted by Crippen LogP contribution is 2.26. The number of anilines is 1. The van der Waals surface area contributed by atoms with E-state index in [0.717, 1.165) is 0 Å². The Kier molecular flexibility index (Phi) is 4.37. The smallest absolute Gasteiger partial charge is 0.343 e. The van der Waals surface area contributed by atoms with E-state index in [-0.39, 0.29) is 23.9 Å². The molecule has 0 amide bonds. The standard InChI is InChI=1S/C15H15FN2O3/c1-3-20-15(19)12-7-10(17)8-18-14(12)21-11-4-5-13(16)9(2)6-11/h4-8H,3,17H2,1-2H3. The van der Waals surface area contributed by atoms with Crippen molar-refractivity contribution in [2.45, 2.75) is 13.8 Å². The molecule has 2 aromatic rings. The number of halogens is 1. The van der Waals surface area contributed by atoms with Gasteiger partial charge in [-0.1, -0.05) is 0 Å². The first-order valence-corrected chi connectivity index (χ1v) is 6.38. The molecule has 6 heteroatoms. The van der Waals surface area contributed by atoms with Gasteiger partial charge in [0.25, 0.3) is 0 Å². The number of aromatic nitrogens is 1. The van der Waals surface area contributed by atoms with Crippen molar-refractivity contribution in [3.8, 4) is 11.6 Å². The second-order valence-electron chi connectivity index (χ2n) is 4.35. The van der Waals surface area contributed by atoms with Crippen molar-refractivity contribution < 1.29 is 18.7 Å². The van der Waals surface area contributed by atoms with E-state index in [9.17, 15) is 9.18 Å². The number of benzene rings is 1. The molecule has 110 valence electrons. The number of carbonyl (C=O) groups is 1. The lowest BCUT2D eigenvalue weighted by atomic mass is 10.2. The van der Waals surface area contributed by atoms with Crippen LogP contribution in [-0.2, 0) is 4.74 Å². The zero-order valence-electron chi connectivity index (χ0n) is 11.7. The van der Waals surface area contributed by atoms with Crippen LogP contribution in [0.3, 0.4) is 0 Å². The Morgan fingerprint density at radius 3 is 2.81 bits per heavy atom. The Labute approximate surface area is 121 Å². The van der Waals surface area contributed by atoms with E-state index in [1.54, 1.807) is 13.8 Å². The second-order valence-corrected chi connectivity index (χ2v) is 4.35. The number of aryl methyl sites for hydroxylation is 1. The molecule has 21 heavy (non-hydrogen) atoms. The van der Waals surface area contributed by atoms with Crippen molar-refractivity contribution in [2.24, 2.45) is 0 Å². The molecule has 0 fully saturated rings. The predicted octanol–water partition coefficient (Wildman–Crippen LogP) is 3.08. The van der Waals surface area contributed by atoms with E-state index in [0.29, 0.717) is 17.0 Å². The SMILES string of the molecule is CCOC(=O)c1cc(N)cnc1Oc1ccc(F)c(C)c1. The summed E-state index contributed by atoms with van der Waals surface area (Å²) in [7, 11) is 0. The van der Waals surface area contributed by atoms with Gasteiger partial charge in [0.05, 0.1) is 18.5 Å². The minimum absolute atomic E-state index is 0.0636. The summed E-state index contributed by atoms with van der Waals surface area (Å²) >= 11 is 0. The predicted molar refractivity (Wildman–Crippen MR) is 75.8 cm³/mol. The molecule has 0 bridgehead atoms. The van der Waals surface area contributed by atoms with Gasteiger partial charge in [0, 0.05) is 0 Å². The quantitative estimate of drug-likeness (QED) is 0.876. The average molecular weight is 290 g/mol. The molecule has 0 radical (unpaired) electrons. The number of nitrogen functional groups attached to an aromatic ring is 1. The maximum Gasteiger partial charge on any atom is 0.343 e. The van der Waals surface area contributed by atoms with E-state index >= 15 is 0 Å². The fourth-order valence-electron chi connectivity index (χ4n) is 1.70. The van der Waals surface area contributed by atoms with Gasteiger partial charge in [-0.05, 0) is 43.7 Å². The minimum atomic E-state index is -0.578.